The molecule has 0 radical (unpaired) electrons. The number of nitrogens with one attached hydrogen (secondary N) is 1. The second-order valence-electron chi connectivity index (χ2n) is 7.94. The fraction of sp³-hybridized carbons (Fsp3) is 0.524. The molecule has 5 nitrogen and oxygen atoms in total. The number of carbonyl (C=O) groups is 2. The van der Waals surface area contributed by atoms with Gasteiger partial charge in [-0.2, -0.15) is 13.2 Å². The first-order valence-corrected chi connectivity index (χ1v) is 9.47. The van der Waals surface area contributed by atoms with Crippen LogP contribution in [0.25, 0.3) is 0 Å². The smallest absolute Gasteiger partial charge is 0.349 e. The molecule has 1 aromatic rings. The van der Waals surface area contributed by atoms with Crippen molar-refractivity contribution in [2.75, 3.05) is 6.54 Å². The van der Waals surface area contributed by atoms with Gasteiger partial charge >= 0.3 is 12.1 Å². The molecule has 3 N–H and O–H groups in total. The minimum Gasteiger partial charge on any atom is -0.349 e. The van der Waals surface area contributed by atoms with Gasteiger partial charge in [0.1, 0.15) is 0 Å². The van der Waals surface area contributed by atoms with Crippen LogP contribution in [0.15, 0.2) is 42.5 Å². The van der Waals surface area contributed by atoms with Crippen molar-refractivity contribution in [3.8, 4) is 0 Å². The molecule has 0 bridgehead atoms. The SMILES string of the molecule is C[C@H](N)C(=O)N[C@H](/C=C/CN(C(=O)C(F)(F)F)C(C)(C)C)CCc1ccccc1. The van der Waals surface area contributed by atoms with Crippen LogP contribution in [0.4, 0.5) is 13.2 Å². The Morgan fingerprint density at radius 2 is 1.76 bits per heavy atom. The second-order valence-corrected chi connectivity index (χ2v) is 7.94. The topological polar surface area (TPSA) is 75.4 Å². The van der Waals surface area contributed by atoms with Crippen LogP contribution in [0.1, 0.15) is 39.7 Å². The Kier molecular flexibility index (Phi) is 8.88. The van der Waals surface area contributed by atoms with E-state index in [1.807, 2.05) is 30.3 Å². The Morgan fingerprint density at radius 3 is 2.24 bits per heavy atom. The Bertz CT molecular complexity index is 695. The molecule has 0 unspecified atom stereocenters. The lowest BCUT2D eigenvalue weighted by molar-refractivity contribution is -0.189. The predicted molar refractivity (Wildman–Crippen MR) is 107 cm³/mol. The van der Waals surface area contributed by atoms with Crippen molar-refractivity contribution in [2.24, 2.45) is 5.73 Å². The summed E-state index contributed by atoms with van der Waals surface area (Å²) < 4.78 is 38.7. The van der Waals surface area contributed by atoms with E-state index >= 15 is 0 Å². The number of aryl methyl sites for hydroxylation is 1. The Morgan fingerprint density at radius 1 is 1.17 bits per heavy atom. The summed E-state index contributed by atoms with van der Waals surface area (Å²) in [5, 5.41) is 2.78. The maximum absolute atomic E-state index is 12.9. The van der Waals surface area contributed by atoms with Crippen molar-refractivity contribution in [2.45, 2.75) is 64.3 Å². The van der Waals surface area contributed by atoms with Crippen LogP contribution in [0.2, 0.25) is 0 Å². The van der Waals surface area contributed by atoms with Crippen LogP contribution in [0.5, 0.6) is 0 Å². The number of benzene rings is 1. The third-order valence-electron chi connectivity index (χ3n) is 4.28. The van der Waals surface area contributed by atoms with Gasteiger partial charge in [0.2, 0.25) is 5.91 Å². The number of halogens is 3. The number of rotatable bonds is 8. The van der Waals surface area contributed by atoms with Crippen LogP contribution >= 0.6 is 0 Å². The number of carbonyl (C=O) groups excluding carboxylic acids is 2. The minimum atomic E-state index is -4.95. The summed E-state index contributed by atoms with van der Waals surface area (Å²) in [6.45, 7) is 5.94. The maximum atomic E-state index is 12.9. The van der Waals surface area contributed by atoms with Crippen LogP contribution in [0, 0.1) is 0 Å². The van der Waals surface area contributed by atoms with Crippen LogP contribution < -0.4 is 11.1 Å². The summed E-state index contributed by atoms with van der Waals surface area (Å²) in [5.41, 5.74) is 5.66. The Labute approximate surface area is 170 Å². The first-order chi connectivity index (χ1) is 13.3. The third kappa shape index (κ3) is 8.68. The third-order valence-corrected chi connectivity index (χ3v) is 4.28. The molecular weight excluding hydrogens is 383 g/mol. The van der Waals surface area contributed by atoms with E-state index in [0.717, 1.165) is 10.5 Å². The lowest BCUT2D eigenvalue weighted by atomic mass is 10.0. The van der Waals surface area contributed by atoms with Gasteiger partial charge in [-0.05, 0) is 46.1 Å². The van der Waals surface area contributed by atoms with Crippen molar-refractivity contribution >= 4 is 11.8 Å². The van der Waals surface area contributed by atoms with E-state index in [1.165, 1.54) is 26.8 Å². The average Bonchev–Trinajstić information content (AvgIpc) is 2.61. The van der Waals surface area contributed by atoms with E-state index in [-0.39, 0.29) is 12.5 Å². The molecule has 2 atom stereocenters. The quantitative estimate of drug-likeness (QED) is 0.643. The molecule has 0 fully saturated rings. The van der Waals surface area contributed by atoms with E-state index in [0.29, 0.717) is 12.8 Å². The van der Waals surface area contributed by atoms with Crippen molar-refractivity contribution in [1.82, 2.24) is 10.2 Å². The monoisotopic (exact) mass is 413 g/mol. The zero-order valence-electron chi connectivity index (χ0n) is 17.3. The van der Waals surface area contributed by atoms with Gasteiger partial charge in [-0.15, -0.1) is 0 Å². The average molecular weight is 413 g/mol. The van der Waals surface area contributed by atoms with Gasteiger partial charge in [0.25, 0.3) is 0 Å². The van der Waals surface area contributed by atoms with Gasteiger partial charge in [0, 0.05) is 18.1 Å². The number of alkyl halides is 3. The van der Waals surface area contributed by atoms with Crippen LogP contribution in [-0.4, -0.2) is 47.1 Å². The highest BCUT2D eigenvalue weighted by Gasteiger charge is 2.45. The highest BCUT2D eigenvalue weighted by molar-refractivity contribution is 5.83. The number of hydrogen-bond donors (Lipinski definition) is 2. The number of nitrogens with two attached hydrogens (primary N) is 1. The molecule has 0 aliphatic rings. The lowest BCUT2D eigenvalue weighted by Gasteiger charge is -2.35. The summed E-state index contributed by atoms with van der Waals surface area (Å²) >= 11 is 0. The molecular formula is C21H30F3N3O2. The van der Waals surface area contributed by atoms with Crippen molar-refractivity contribution in [1.29, 1.82) is 0 Å². The maximum Gasteiger partial charge on any atom is 0.471 e. The van der Waals surface area contributed by atoms with Gasteiger partial charge in [-0.3, -0.25) is 9.59 Å². The molecule has 0 saturated heterocycles. The largest absolute Gasteiger partial charge is 0.471 e. The Balaban J connectivity index is 2.89. The van der Waals surface area contributed by atoms with Crippen molar-refractivity contribution in [3.05, 3.63) is 48.0 Å². The molecule has 162 valence electrons. The molecule has 0 saturated carbocycles. The van der Waals surface area contributed by atoms with Crippen LogP contribution in [0.3, 0.4) is 0 Å². The van der Waals surface area contributed by atoms with Gasteiger partial charge in [0.15, 0.2) is 0 Å². The van der Waals surface area contributed by atoms with E-state index in [9.17, 15) is 22.8 Å². The van der Waals surface area contributed by atoms with Crippen molar-refractivity contribution in [3.63, 3.8) is 0 Å². The van der Waals surface area contributed by atoms with E-state index in [1.54, 1.807) is 13.0 Å². The fourth-order valence-electron chi connectivity index (χ4n) is 2.64. The fourth-order valence-corrected chi connectivity index (χ4v) is 2.64. The first-order valence-electron chi connectivity index (χ1n) is 9.47. The molecule has 0 heterocycles. The molecule has 0 aromatic heterocycles. The summed E-state index contributed by atoms with van der Waals surface area (Å²) in [5.74, 6) is -2.25. The van der Waals surface area contributed by atoms with Gasteiger partial charge in [-0.1, -0.05) is 42.5 Å². The highest BCUT2D eigenvalue weighted by atomic mass is 19.4. The first kappa shape index (κ1) is 24.7. The molecule has 2 amide bonds. The zero-order chi connectivity index (χ0) is 22.2. The molecule has 0 spiro atoms. The number of nitrogens with zero attached hydrogens (tertiary/aromatic N) is 1. The lowest BCUT2D eigenvalue weighted by Crippen LogP contribution is -2.51. The summed E-state index contributed by atoms with van der Waals surface area (Å²) in [7, 11) is 0. The van der Waals surface area contributed by atoms with Gasteiger partial charge in [-0.25, -0.2) is 0 Å². The van der Waals surface area contributed by atoms with Gasteiger partial charge in [0.05, 0.1) is 6.04 Å². The summed E-state index contributed by atoms with van der Waals surface area (Å²) in [6.07, 6.45) is -0.643. The standard InChI is InChI=1S/C21H30F3N3O2/c1-15(25)18(28)26-17(13-12-16-9-6-5-7-10-16)11-8-14-27(20(2,3)4)19(29)21(22,23)24/h5-11,15,17H,12-14,25H2,1-4H3,(H,26,28)/b11-8+/t15-,17+/m0/s1. The molecule has 29 heavy (non-hydrogen) atoms. The minimum absolute atomic E-state index is 0.224. The normalized spacial score (nSPS) is 14.5. The molecule has 1 rings (SSSR count). The van der Waals surface area contributed by atoms with Gasteiger partial charge < -0.3 is 16.0 Å². The van der Waals surface area contributed by atoms with Crippen LogP contribution in [-0.2, 0) is 16.0 Å². The number of amides is 2. The zero-order valence-corrected chi connectivity index (χ0v) is 17.3. The predicted octanol–water partition coefficient (Wildman–Crippen LogP) is 3.20. The second kappa shape index (κ2) is 10.4. The molecule has 1 aromatic carbocycles. The van der Waals surface area contributed by atoms with E-state index in [4.69, 9.17) is 5.73 Å². The Hall–Kier alpha value is -2.35. The summed E-state index contributed by atoms with van der Waals surface area (Å²) in [4.78, 5) is 24.5. The molecule has 0 aliphatic carbocycles. The summed E-state index contributed by atoms with van der Waals surface area (Å²) in [6, 6.07) is 8.50. The molecule has 0 aliphatic heterocycles. The highest BCUT2D eigenvalue weighted by Crippen LogP contribution is 2.24. The van der Waals surface area contributed by atoms with Crippen molar-refractivity contribution < 1.29 is 22.8 Å². The number of hydrogen-bond acceptors (Lipinski definition) is 3. The van der Waals surface area contributed by atoms with E-state index in [2.05, 4.69) is 5.32 Å². The molecule has 8 heteroatoms. The van der Waals surface area contributed by atoms with E-state index < -0.39 is 29.7 Å².